The van der Waals surface area contributed by atoms with Crippen molar-refractivity contribution in [3.63, 3.8) is 0 Å². The van der Waals surface area contributed by atoms with Crippen molar-refractivity contribution >= 4 is 27.9 Å². The maximum atomic E-state index is 4.80. The second kappa shape index (κ2) is 5.85. The van der Waals surface area contributed by atoms with Gasteiger partial charge in [-0.25, -0.2) is 0 Å². The molecule has 1 saturated heterocycles. The van der Waals surface area contributed by atoms with E-state index in [0.717, 1.165) is 35.5 Å². The highest BCUT2D eigenvalue weighted by atomic mass is 32.1. The summed E-state index contributed by atoms with van der Waals surface area (Å²) in [5.74, 6) is 2.52. The Morgan fingerprint density at radius 3 is 2.56 bits per heavy atom. The quantitative estimate of drug-likeness (QED) is 0.684. The Labute approximate surface area is 162 Å². The molecule has 0 bridgehead atoms. The highest BCUT2D eigenvalue weighted by molar-refractivity contribution is 7.15. The maximum absolute atomic E-state index is 4.80. The lowest BCUT2D eigenvalue weighted by molar-refractivity contribution is 0.484. The van der Waals surface area contributed by atoms with E-state index in [1.165, 1.54) is 17.8 Å². The van der Waals surface area contributed by atoms with Gasteiger partial charge in [0.15, 0.2) is 11.5 Å². The molecule has 0 unspecified atom stereocenters. The van der Waals surface area contributed by atoms with Crippen LogP contribution in [0.3, 0.4) is 0 Å². The fourth-order valence-electron chi connectivity index (χ4n) is 3.32. The van der Waals surface area contributed by atoms with Crippen LogP contribution in [0.25, 0.3) is 5.65 Å². The largest absolute Gasteiger partial charge is 0.351 e. The SMILES string of the molecule is CN(c1nnc(C2CC2)s1)C1CN(c2ccc3nnc(C(C)(C)C)n3n2)C1. The highest BCUT2D eigenvalue weighted by Gasteiger charge is 2.34. The zero-order valence-corrected chi connectivity index (χ0v) is 16.9. The van der Waals surface area contributed by atoms with Gasteiger partial charge in [0.1, 0.15) is 10.8 Å². The van der Waals surface area contributed by atoms with Crippen LogP contribution in [0, 0.1) is 0 Å². The molecule has 1 aliphatic heterocycles. The monoisotopic (exact) mass is 384 g/mol. The zero-order chi connectivity index (χ0) is 18.8. The summed E-state index contributed by atoms with van der Waals surface area (Å²) in [5, 5.41) is 24.3. The van der Waals surface area contributed by atoms with Gasteiger partial charge in [-0.05, 0) is 25.0 Å². The van der Waals surface area contributed by atoms with Crippen molar-refractivity contribution in [2.75, 3.05) is 29.9 Å². The third kappa shape index (κ3) is 2.93. The van der Waals surface area contributed by atoms with E-state index in [1.54, 1.807) is 11.3 Å². The van der Waals surface area contributed by atoms with Crippen LogP contribution in [0.15, 0.2) is 12.1 Å². The molecule has 142 valence electrons. The van der Waals surface area contributed by atoms with Gasteiger partial charge in [0.2, 0.25) is 5.13 Å². The second-order valence-corrected chi connectivity index (χ2v) is 9.59. The summed E-state index contributed by atoms with van der Waals surface area (Å²) in [5.41, 5.74) is 0.694. The van der Waals surface area contributed by atoms with Crippen LogP contribution in [0.2, 0.25) is 0 Å². The Kier molecular flexibility index (Phi) is 3.65. The van der Waals surface area contributed by atoms with Gasteiger partial charge in [-0.2, -0.15) is 4.52 Å². The van der Waals surface area contributed by atoms with E-state index >= 15 is 0 Å². The molecule has 9 heteroatoms. The smallest absolute Gasteiger partial charge is 0.208 e. The number of likely N-dealkylation sites (N-methyl/N-ethyl adjacent to an activating group) is 1. The van der Waals surface area contributed by atoms with Crippen LogP contribution < -0.4 is 9.80 Å². The minimum atomic E-state index is -0.0974. The molecule has 0 amide bonds. The molecule has 4 heterocycles. The van der Waals surface area contributed by atoms with E-state index in [-0.39, 0.29) is 5.41 Å². The van der Waals surface area contributed by atoms with Crippen LogP contribution in [-0.4, -0.2) is 56.2 Å². The summed E-state index contributed by atoms with van der Waals surface area (Å²) in [7, 11) is 2.12. The molecule has 5 rings (SSSR count). The van der Waals surface area contributed by atoms with Gasteiger partial charge in [0.05, 0.1) is 6.04 Å². The Hall–Kier alpha value is -2.29. The van der Waals surface area contributed by atoms with E-state index in [4.69, 9.17) is 5.10 Å². The number of hydrogen-bond donors (Lipinski definition) is 0. The summed E-state index contributed by atoms with van der Waals surface area (Å²) in [6, 6.07) is 4.46. The molecular formula is C18H24N8S. The van der Waals surface area contributed by atoms with Gasteiger partial charge in [-0.15, -0.1) is 25.5 Å². The van der Waals surface area contributed by atoms with Crippen LogP contribution in [0.5, 0.6) is 0 Å². The summed E-state index contributed by atoms with van der Waals surface area (Å²) >= 11 is 1.74. The molecule has 2 fully saturated rings. The Bertz CT molecular complexity index is 977. The zero-order valence-electron chi connectivity index (χ0n) is 16.1. The molecule has 0 atom stereocenters. The second-order valence-electron chi connectivity index (χ2n) is 8.60. The molecule has 0 radical (unpaired) electrons. The van der Waals surface area contributed by atoms with E-state index in [1.807, 2.05) is 16.6 Å². The maximum Gasteiger partial charge on any atom is 0.208 e. The number of nitrogens with zero attached hydrogens (tertiary/aromatic N) is 8. The molecule has 1 aliphatic carbocycles. The van der Waals surface area contributed by atoms with Crippen molar-refractivity contribution in [1.29, 1.82) is 0 Å². The molecule has 3 aromatic heterocycles. The predicted octanol–water partition coefficient (Wildman–Crippen LogP) is 2.48. The molecule has 3 aromatic rings. The van der Waals surface area contributed by atoms with Crippen LogP contribution in [0.1, 0.15) is 50.4 Å². The number of fused-ring (bicyclic) bond motifs is 1. The molecule has 2 aliphatic rings. The topological polar surface area (TPSA) is 75.3 Å². The number of aromatic nitrogens is 6. The third-order valence-electron chi connectivity index (χ3n) is 5.31. The Morgan fingerprint density at radius 1 is 1.07 bits per heavy atom. The Balaban J connectivity index is 1.31. The first-order valence-corrected chi connectivity index (χ1v) is 10.3. The summed E-state index contributed by atoms with van der Waals surface area (Å²) < 4.78 is 1.87. The molecule has 0 N–H and O–H groups in total. The van der Waals surface area contributed by atoms with Crippen molar-refractivity contribution in [2.45, 2.75) is 51.0 Å². The van der Waals surface area contributed by atoms with Crippen molar-refractivity contribution in [3.05, 3.63) is 23.0 Å². The van der Waals surface area contributed by atoms with Gasteiger partial charge in [0, 0.05) is 31.5 Å². The van der Waals surface area contributed by atoms with Crippen LogP contribution in [-0.2, 0) is 5.41 Å². The molecular weight excluding hydrogens is 360 g/mol. The van der Waals surface area contributed by atoms with Gasteiger partial charge in [-0.1, -0.05) is 32.1 Å². The molecule has 0 aromatic carbocycles. The average Bonchev–Trinajstić information content (AvgIpc) is 3.15. The first-order chi connectivity index (χ1) is 12.9. The fraction of sp³-hybridized carbons (Fsp3) is 0.611. The van der Waals surface area contributed by atoms with E-state index in [9.17, 15) is 0 Å². The first-order valence-electron chi connectivity index (χ1n) is 9.44. The van der Waals surface area contributed by atoms with Gasteiger partial charge in [-0.3, -0.25) is 0 Å². The number of hydrogen-bond acceptors (Lipinski definition) is 8. The standard InChI is InChI=1S/C18H24N8S/c1-18(2,3)16-21-19-13-7-8-14(23-26(13)16)25-9-12(10-25)24(4)17-22-20-15(27-17)11-5-6-11/h7-8,11-12H,5-6,9-10H2,1-4H3. The van der Waals surface area contributed by atoms with E-state index in [0.29, 0.717) is 12.0 Å². The molecule has 27 heavy (non-hydrogen) atoms. The summed E-state index contributed by atoms with van der Waals surface area (Å²) in [6.07, 6.45) is 2.53. The Morgan fingerprint density at radius 2 is 1.85 bits per heavy atom. The lowest BCUT2D eigenvalue weighted by atomic mass is 9.96. The lowest BCUT2D eigenvalue weighted by Crippen LogP contribution is -2.59. The minimum Gasteiger partial charge on any atom is -0.351 e. The predicted molar refractivity (Wildman–Crippen MR) is 106 cm³/mol. The van der Waals surface area contributed by atoms with Crippen LogP contribution in [0.4, 0.5) is 10.9 Å². The summed E-state index contributed by atoms with van der Waals surface area (Å²) in [4.78, 5) is 4.55. The van der Waals surface area contributed by atoms with Gasteiger partial charge >= 0.3 is 0 Å². The number of anilines is 2. The van der Waals surface area contributed by atoms with Gasteiger partial charge < -0.3 is 9.80 Å². The van der Waals surface area contributed by atoms with E-state index < -0.39 is 0 Å². The molecule has 0 spiro atoms. The van der Waals surface area contributed by atoms with Crippen molar-refractivity contribution in [2.24, 2.45) is 0 Å². The lowest BCUT2D eigenvalue weighted by Gasteiger charge is -2.44. The van der Waals surface area contributed by atoms with E-state index in [2.05, 4.69) is 58.0 Å². The van der Waals surface area contributed by atoms with Crippen LogP contribution >= 0.6 is 11.3 Å². The normalized spacial score (nSPS) is 18.1. The molecule has 8 nitrogen and oxygen atoms in total. The minimum absolute atomic E-state index is 0.0974. The first kappa shape index (κ1) is 16.9. The third-order valence-corrected chi connectivity index (χ3v) is 6.49. The van der Waals surface area contributed by atoms with Crippen molar-refractivity contribution < 1.29 is 0 Å². The summed E-state index contributed by atoms with van der Waals surface area (Å²) in [6.45, 7) is 8.25. The van der Waals surface area contributed by atoms with Gasteiger partial charge in [0.25, 0.3) is 0 Å². The highest BCUT2D eigenvalue weighted by Crippen LogP contribution is 2.42. The van der Waals surface area contributed by atoms with Crippen molar-refractivity contribution in [1.82, 2.24) is 30.0 Å². The fourth-order valence-corrected chi connectivity index (χ4v) is 4.37. The van der Waals surface area contributed by atoms with Crippen molar-refractivity contribution in [3.8, 4) is 0 Å². The average molecular weight is 385 g/mol. The molecule has 1 saturated carbocycles. The number of rotatable bonds is 4.